The minimum absolute atomic E-state index is 0.0528. The van der Waals surface area contributed by atoms with Gasteiger partial charge in [0.25, 0.3) is 0 Å². The molecule has 0 fully saturated rings. The highest BCUT2D eigenvalue weighted by Crippen LogP contribution is 2.21. The van der Waals surface area contributed by atoms with Crippen LogP contribution in [0.2, 0.25) is 10.0 Å². The van der Waals surface area contributed by atoms with Crippen molar-refractivity contribution < 1.29 is 13.2 Å². The van der Waals surface area contributed by atoms with E-state index in [0.29, 0.717) is 16.6 Å². The fourth-order valence-electron chi connectivity index (χ4n) is 2.31. The molecule has 0 aliphatic heterocycles. The van der Waals surface area contributed by atoms with Gasteiger partial charge >= 0.3 is 0 Å². The lowest BCUT2D eigenvalue weighted by Gasteiger charge is -2.22. The van der Waals surface area contributed by atoms with Crippen LogP contribution in [-0.2, 0) is 21.4 Å². The number of sulfonamides is 1. The Hall–Kier alpha value is -1.60. The van der Waals surface area contributed by atoms with Gasteiger partial charge in [0.05, 0.1) is 11.4 Å². The van der Waals surface area contributed by atoms with E-state index in [0.717, 1.165) is 9.87 Å². The molecule has 0 saturated carbocycles. The van der Waals surface area contributed by atoms with E-state index in [1.54, 1.807) is 24.3 Å². The smallest absolute Gasteiger partial charge is 0.243 e. The molecule has 0 radical (unpaired) electrons. The summed E-state index contributed by atoms with van der Waals surface area (Å²) in [5.74, 6) is -0.0817. The van der Waals surface area contributed by atoms with Crippen LogP contribution < -0.4 is 5.32 Å². The number of rotatable bonds is 8. The van der Waals surface area contributed by atoms with Crippen LogP contribution in [0.4, 0.5) is 0 Å². The topological polar surface area (TPSA) is 66.5 Å². The number of carbonyl (C=O) groups is 1. The summed E-state index contributed by atoms with van der Waals surface area (Å²) < 4.78 is 27.3. The zero-order valence-electron chi connectivity index (χ0n) is 15.2. The van der Waals surface area contributed by atoms with E-state index in [1.807, 2.05) is 13.8 Å². The van der Waals surface area contributed by atoms with E-state index in [1.165, 1.54) is 24.3 Å². The van der Waals surface area contributed by atoms with Crippen LogP contribution in [0.3, 0.4) is 0 Å². The van der Waals surface area contributed by atoms with Crippen molar-refractivity contribution in [3.05, 3.63) is 64.1 Å². The lowest BCUT2D eigenvalue weighted by Crippen LogP contribution is -2.41. The summed E-state index contributed by atoms with van der Waals surface area (Å²) in [7, 11) is -3.88. The van der Waals surface area contributed by atoms with Gasteiger partial charge in [-0.15, -0.1) is 0 Å². The molecule has 27 heavy (non-hydrogen) atoms. The molecule has 1 N–H and O–H groups in total. The fraction of sp³-hybridized carbons (Fsp3) is 0.316. The monoisotopic (exact) mass is 428 g/mol. The maximum Gasteiger partial charge on any atom is 0.243 e. The van der Waals surface area contributed by atoms with Gasteiger partial charge in [-0.2, -0.15) is 4.31 Å². The molecule has 0 aromatic heterocycles. The van der Waals surface area contributed by atoms with Crippen LogP contribution in [0, 0.1) is 5.92 Å². The van der Waals surface area contributed by atoms with Crippen LogP contribution in [0.1, 0.15) is 19.4 Å². The average Bonchev–Trinajstić information content (AvgIpc) is 2.61. The number of halogens is 2. The highest BCUT2D eigenvalue weighted by Gasteiger charge is 2.27. The summed E-state index contributed by atoms with van der Waals surface area (Å²) in [5, 5.41) is 3.75. The molecule has 0 saturated heterocycles. The van der Waals surface area contributed by atoms with Gasteiger partial charge in [0, 0.05) is 23.1 Å². The van der Waals surface area contributed by atoms with Gasteiger partial charge in [-0.05, 0) is 47.9 Å². The molecular formula is C19H22Cl2N2O3S. The minimum atomic E-state index is -3.88. The summed E-state index contributed by atoms with van der Waals surface area (Å²) in [6.45, 7) is 4.19. The predicted octanol–water partition coefficient (Wildman–Crippen LogP) is 3.96. The Kier molecular flexibility index (Phi) is 7.68. The van der Waals surface area contributed by atoms with Crippen molar-refractivity contribution in [3.63, 3.8) is 0 Å². The highest BCUT2D eigenvalue weighted by molar-refractivity contribution is 7.89. The third kappa shape index (κ3) is 6.50. The molecule has 146 valence electrons. The zero-order chi connectivity index (χ0) is 20.0. The molecule has 8 heteroatoms. The van der Waals surface area contributed by atoms with Crippen molar-refractivity contribution in [2.45, 2.75) is 25.3 Å². The Balaban J connectivity index is 2.28. The summed E-state index contributed by atoms with van der Waals surface area (Å²) in [4.78, 5) is 12.4. The van der Waals surface area contributed by atoms with Crippen molar-refractivity contribution in [3.8, 4) is 0 Å². The Morgan fingerprint density at radius 2 is 1.52 bits per heavy atom. The largest absolute Gasteiger partial charge is 0.355 e. The van der Waals surface area contributed by atoms with Crippen LogP contribution in [-0.4, -0.2) is 31.7 Å². The van der Waals surface area contributed by atoms with Crippen LogP contribution in [0.5, 0.6) is 0 Å². The van der Waals surface area contributed by atoms with Crippen molar-refractivity contribution >= 4 is 39.1 Å². The molecule has 2 aromatic carbocycles. The maximum absolute atomic E-state index is 13.1. The molecule has 5 nitrogen and oxygen atoms in total. The van der Waals surface area contributed by atoms with Crippen molar-refractivity contribution in [2.24, 2.45) is 5.92 Å². The summed E-state index contributed by atoms with van der Waals surface area (Å²) in [5.41, 5.74) is 0.730. The van der Waals surface area contributed by atoms with E-state index in [2.05, 4.69) is 5.32 Å². The average molecular weight is 429 g/mol. The first kappa shape index (κ1) is 21.7. The van der Waals surface area contributed by atoms with E-state index in [9.17, 15) is 13.2 Å². The van der Waals surface area contributed by atoms with E-state index < -0.39 is 10.0 Å². The van der Waals surface area contributed by atoms with Crippen molar-refractivity contribution in [2.75, 3.05) is 13.1 Å². The lowest BCUT2D eigenvalue weighted by atomic mass is 10.2. The van der Waals surface area contributed by atoms with Gasteiger partial charge in [0.2, 0.25) is 15.9 Å². The molecule has 0 aliphatic rings. The fourth-order valence-corrected chi connectivity index (χ4v) is 3.95. The second-order valence-electron chi connectivity index (χ2n) is 6.55. The lowest BCUT2D eigenvalue weighted by molar-refractivity contribution is -0.121. The van der Waals surface area contributed by atoms with Crippen molar-refractivity contribution in [1.82, 2.24) is 9.62 Å². The summed E-state index contributed by atoms with van der Waals surface area (Å²) in [6, 6.07) is 12.7. The molecule has 2 rings (SSSR count). The van der Waals surface area contributed by atoms with Crippen LogP contribution in [0.25, 0.3) is 0 Å². The minimum Gasteiger partial charge on any atom is -0.355 e. The molecule has 0 spiro atoms. The number of hydrogen-bond donors (Lipinski definition) is 1. The number of nitrogens with one attached hydrogen (secondary N) is 1. The van der Waals surface area contributed by atoms with Crippen LogP contribution >= 0.6 is 23.2 Å². The number of benzene rings is 2. The molecule has 0 bridgehead atoms. The maximum atomic E-state index is 13.1. The third-order valence-electron chi connectivity index (χ3n) is 3.75. The van der Waals surface area contributed by atoms with Gasteiger partial charge in [0.15, 0.2) is 0 Å². The zero-order valence-corrected chi connectivity index (χ0v) is 17.5. The molecule has 1 amide bonds. The first-order valence-corrected chi connectivity index (χ1v) is 10.6. The molecule has 0 atom stereocenters. The Morgan fingerprint density at radius 3 is 2.04 bits per heavy atom. The van der Waals surface area contributed by atoms with E-state index in [4.69, 9.17) is 23.2 Å². The van der Waals surface area contributed by atoms with E-state index in [-0.39, 0.29) is 29.8 Å². The normalized spacial score (nSPS) is 11.8. The van der Waals surface area contributed by atoms with Crippen molar-refractivity contribution in [1.29, 1.82) is 0 Å². The molecular weight excluding hydrogens is 407 g/mol. The SMILES string of the molecule is CC(C)CNC(=O)CN(Cc1ccc(Cl)cc1)S(=O)(=O)c1ccc(Cl)cc1. The number of nitrogens with zero attached hydrogens (tertiary/aromatic N) is 1. The van der Waals surface area contributed by atoms with Gasteiger partial charge in [-0.25, -0.2) is 8.42 Å². The summed E-state index contributed by atoms with van der Waals surface area (Å²) >= 11 is 11.8. The van der Waals surface area contributed by atoms with E-state index >= 15 is 0 Å². The number of hydrogen-bond acceptors (Lipinski definition) is 3. The first-order chi connectivity index (χ1) is 12.7. The Labute approximate surface area is 170 Å². The number of carbonyl (C=O) groups excluding carboxylic acids is 1. The standard InChI is InChI=1S/C19H22Cl2N2O3S/c1-14(2)11-22-19(24)13-23(12-15-3-5-16(20)6-4-15)27(25,26)18-9-7-17(21)8-10-18/h3-10,14H,11-13H2,1-2H3,(H,22,24). The first-order valence-electron chi connectivity index (χ1n) is 8.45. The molecule has 2 aromatic rings. The predicted molar refractivity (Wildman–Crippen MR) is 108 cm³/mol. The second-order valence-corrected chi connectivity index (χ2v) is 9.36. The van der Waals surface area contributed by atoms with Gasteiger partial charge < -0.3 is 5.32 Å². The molecule has 0 heterocycles. The van der Waals surface area contributed by atoms with Crippen LogP contribution in [0.15, 0.2) is 53.4 Å². The third-order valence-corrected chi connectivity index (χ3v) is 6.06. The molecule has 0 aliphatic carbocycles. The van der Waals surface area contributed by atoms with Gasteiger partial charge in [-0.3, -0.25) is 4.79 Å². The highest BCUT2D eigenvalue weighted by atomic mass is 35.5. The Morgan fingerprint density at radius 1 is 1.00 bits per heavy atom. The Bertz CT molecular complexity index is 867. The quantitative estimate of drug-likeness (QED) is 0.691. The second kappa shape index (κ2) is 9.55. The summed E-state index contributed by atoms with van der Waals surface area (Å²) in [6.07, 6.45) is 0. The van der Waals surface area contributed by atoms with Gasteiger partial charge in [0.1, 0.15) is 0 Å². The van der Waals surface area contributed by atoms with Gasteiger partial charge in [-0.1, -0.05) is 49.2 Å². The number of amides is 1. The molecule has 0 unspecified atom stereocenters.